The third-order valence-corrected chi connectivity index (χ3v) is 3.72. The van der Waals surface area contributed by atoms with Gasteiger partial charge in [-0.05, 0) is 37.5 Å². The summed E-state index contributed by atoms with van der Waals surface area (Å²) in [5, 5.41) is 0.582. The molecule has 1 saturated carbocycles. The fourth-order valence-electron chi connectivity index (χ4n) is 2.05. The van der Waals surface area contributed by atoms with E-state index in [9.17, 15) is 4.79 Å². The van der Waals surface area contributed by atoms with E-state index in [-0.39, 0.29) is 5.91 Å². The van der Waals surface area contributed by atoms with Gasteiger partial charge in [-0.3, -0.25) is 4.79 Å². The Balaban J connectivity index is 2.18. The SMILES string of the molecule is Cc1ccc(Cl)cc1C(=O)N(CCC(N)=S)C1CC1. The molecule has 0 aliphatic heterocycles. The van der Waals surface area contributed by atoms with Crippen molar-refractivity contribution in [3.63, 3.8) is 0 Å². The van der Waals surface area contributed by atoms with Gasteiger partial charge in [0, 0.05) is 29.6 Å². The highest BCUT2D eigenvalue weighted by Gasteiger charge is 2.33. The van der Waals surface area contributed by atoms with E-state index in [1.807, 2.05) is 17.9 Å². The number of hydrogen-bond acceptors (Lipinski definition) is 2. The van der Waals surface area contributed by atoms with Crippen LogP contribution in [0.2, 0.25) is 5.02 Å². The largest absolute Gasteiger partial charge is 0.393 e. The summed E-state index contributed by atoms with van der Waals surface area (Å²) in [5.74, 6) is 0.0266. The summed E-state index contributed by atoms with van der Waals surface area (Å²) < 4.78 is 0. The van der Waals surface area contributed by atoms with E-state index in [1.54, 1.807) is 12.1 Å². The number of carbonyl (C=O) groups is 1. The lowest BCUT2D eigenvalue weighted by Crippen LogP contribution is -2.36. The molecule has 3 nitrogen and oxygen atoms in total. The van der Waals surface area contributed by atoms with Crippen molar-refractivity contribution in [2.45, 2.75) is 32.2 Å². The molecule has 1 aliphatic rings. The number of rotatable bonds is 5. The molecule has 0 aromatic heterocycles. The van der Waals surface area contributed by atoms with Crippen LogP contribution in [0.4, 0.5) is 0 Å². The molecule has 0 unspecified atom stereocenters. The molecule has 1 amide bonds. The van der Waals surface area contributed by atoms with E-state index in [2.05, 4.69) is 0 Å². The fraction of sp³-hybridized carbons (Fsp3) is 0.429. The number of hydrogen-bond donors (Lipinski definition) is 1. The molecule has 1 fully saturated rings. The summed E-state index contributed by atoms with van der Waals surface area (Å²) in [7, 11) is 0. The molecular weight excluding hydrogens is 280 g/mol. The number of nitrogens with two attached hydrogens (primary N) is 1. The highest BCUT2D eigenvalue weighted by Crippen LogP contribution is 2.29. The van der Waals surface area contributed by atoms with Crippen LogP contribution in [0, 0.1) is 6.92 Å². The summed E-state index contributed by atoms with van der Waals surface area (Å²) in [6.45, 7) is 2.51. The Hall–Kier alpha value is -1.13. The molecule has 1 aliphatic carbocycles. The van der Waals surface area contributed by atoms with Gasteiger partial charge < -0.3 is 10.6 Å². The Kier molecular flexibility index (Phi) is 4.42. The van der Waals surface area contributed by atoms with Crippen molar-refractivity contribution in [3.05, 3.63) is 34.3 Å². The number of halogens is 1. The Bertz CT molecular complexity index is 514. The molecule has 1 aromatic rings. The van der Waals surface area contributed by atoms with Crippen LogP contribution < -0.4 is 5.73 Å². The number of aryl methyl sites for hydroxylation is 1. The maximum Gasteiger partial charge on any atom is 0.254 e. The lowest BCUT2D eigenvalue weighted by Gasteiger charge is -2.23. The summed E-state index contributed by atoms with van der Waals surface area (Å²) in [5.41, 5.74) is 7.14. The quantitative estimate of drug-likeness (QED) is 0.850. The van der Waals surface area contributed by atoms with Gasteiger partial charge in [-0.1, -0.05) is 29.9 Å². The van der Waals surface area contributed by atoms with Crippen LogP contribution in [0.3, 0.4) is 0 Å². The first-order valence-corrected chi connectivity index (χ1v) is 7.13. The lowest BCUT2D eigenvalue weighted by molar-refractivity contribution is 0.0747. The third-order valence-electron chi connectivity index (χ3n) is 3.28. The van der Waals surface area contributed by atoms with E-state index in [4.69, 9.17) is 29.6 Å². The zero-order valence-electron chi connectivity index (χ0n) is 10.9. The first-order valence-electron chi connectivity index (χ1n) is 6.34. The van der Waals surface area contributed by atoms with Crippen LogP contribution in [-0.4, -0.2) is 28.4 Å². The number of carbonyl (C=O) groups excluding carboxylic acids is 1. The summed E-state index contributed by atoms with van der Waals surface area (Å²) in [6, 6.07) is 5.73. The lowest BCUT2D eigenvalue weighted by atomic mass is 10.1. The monoisotopic (exact) mass is 296 g/mol. The molecule has 0 radical (unpaired) electrons. The van der Waals surface area contributed by atoms with Gasteiger partial charge in [0.05, 0.1) is 4.99 Å². The highest BCUT2D eigenvalue weighted by molar-refractivity contribution is 7.80. The minimum atomic E-state index is 0.0266. The molecular formula is C14H17ClN2OS. The molecule has 0 heterocycles. The smallest absolute Gasteiger partial charge is 0.254 e. The van der Waals surface area contributed by atoms with Crippen LogP contribution >= 0.6 is 23.8 Å². The molecule has 19 heavy (non-hydrogen) atoms. The van der Waals surface area contributed by atoms with Crippen molar-refractivity contribution in [1.82, 2.24) is 4.90 Å². The van der Waals surface area contributed by atoms with Crippen molar-refractivity contribution < 1.29 is 4.79 Å². The number of thiocarbonyl (C=S) groups is 1. The van der Waals surface area contributed by atoms with Crippen molar-refractivity contribution in [2.75, 3.05) is 6.54 Å². The molecule has 102 valence electrons. The average Bonchev–Trinajstić information content (AvgIpc) is 3.16. The number of nitrogens with zero attached hydrogens (tertiary/aromatic N) is 1. The molecule has 0 bridgehead atoms. The molecule has 5 heteroatoms. The summed E-state index contributed by atoms with van der Waals surface area (Å²) >= 11 is 10.9. The van der Waals surface area contributed by atoms with Gasteiger partial charge in [-0.2, -0.15) is 0 Å². The van der Waals surface area contributed by atoms with E-state index in [0.29, 0.717) is 34.6 Å². The second-order valence-corrected chi connectivity index (χ2v) is 5.87. The van der Waals surface area contributed by atoms with Crippen LogP contribution in [0.5, 0.6) is 0 Å². The van der Waals surface area contributed by atoms with E-state index < -0.39 is 0 Å². The first-order chi connectivity index (χ1) is 8.99. The van der Waals surface area contributed by atoms with Crippen LogP contribution in [0.25, 0.3) is 0 Å². The zero-order chi connectivity index (χ0) is 14.0. The number of benzene rings is 1. The Morgan fingerprint density at radius 1 is 1.53 bits per heavy atom. The van der Waals surface area contributed by atoms with Gasteiger partial charge in [0.25, 0.3) is 5.91 Å². The molecule has 0 atom stereocenters. The van der Waals surface area contributed by atoms with Gasteiger partial charge in [-0.15, -0.1) is 0 Å². The average molecular weight is 297 g/mol. The molecule has 2 N–H and O–H groups in total. The predicted octanol–water partition coefficient (Wildman–Crippen LogP) is 2.93. The van der Waals surface area contributed by atoms with Gasteiger partial charge >= 0.3 is 0 Å². The standard InChI is InChI=1S/C14H17ClN2OS/c1-9-2-3-10(15)8-12(9)14(18)17(11-4-5-11)7-6-13(16)19/h2-3,8,11H,4-7H2,1H3,(H2,16,19). The van der Waals surface area contributed by atoms with Crippen molar-refractivity contribution in [3.8, 4) is 0 Å². The summed E-state index contributed by atoms with van der Waals surface area (Å²) in [4.78, 5) is 14.9. The minimum absolute atomic E-state index is 0.0266. The topological polar surface area (TPSA) is 46.3 Å². The first kappa shape index (κ1) is 14.3. The van der Waals surface area contributed by atoms with Gasteiger partial charge in [0.2, 0.25) is 0 Å². The summed E-state index contributed by atoms with van der Waals surface area (Å²) in [6.07, 6.45) is 2.68. The van der Waals surface area contributed by atoms with Crippen LogP contribution in [0.15, 0.2) is 18.2 Å². The van der Waals surface area contributed by atoms with Gasteiger partial charge in [0.1, 0.15) is 0 Å². The van der Waals surface area contributed by atoms with Crippen LogP contribution in [0.1, 0.15) is 35.2 Å². The van der Waals surface area contributed by atoms with Crippen molar-refractivity contribution in [1.29, 1.82) is 0 Å². The van der Waals surface area contributed by atoms with E-state index in [1.165, 1.54) is 0 Å². The van der Waals surface area contributed by atoms with Gasteiger partial charge in [0.15, 0.2) is 0 Å². The predicted molar refractivity (Wildman–Crippen MR) is 81.6 cm³/mol. The van der Waals surface area contributed by atoms with E-state index >= 15 is 0 Å². The Labute approximate surface area is 123 Å². The minimum Gasteiger partial charge on any atom is -0.393 e. The van der Waals surface area contributed by atoms with Gasteiger partial charge in [-0.25, -0.2) is 0 Å². The Morgan fingerprint density at radius 2 is 2.21 bits per heavy atom. The van der Waals surface area contributed by atoms with Crippen LogP contribution in [-0.2, 0) is 0 Å². The maximum absolute atomic E-state index is 12.6. The Morgan fingerprint density at radius 3 is 2.79 bits per heavy atom. The van der Waals surface area contributed by atoms with Crippen molar-refractivity contribution >= 4 is 34.7 Å². The molecule has 0 spiro atoms. The van der Waals surface area contributed by atoms with E-state index in [0.717, 1.165) is 18.4 Å². The third kappa shape index (κ3) is 3.67. The molecule has 1 aromatic carbocycles. The maximum atomic E-state index is 12.6. The number of amides is 1. The molecule has 0 saturated heterocycles. The normalized spacial score (nSPS) is 14.2. The fourth-order valence-corrected chi connectivity index (χ4v) is 2.31. The second-order valence-electron chi connectivity index (χ2n) is 4.91. The van der Waals surface area contributed by atoms with Crippen molar-refractivity contribution in [2.24, 2.45) is 5.73 Å². The second kappa shape index (κ2) is 5.88. The molecule has 2 rings (SSSR count). The highest BCUT2D eigenvalue weighted by atomic mass is 35.5. The zero-order valence-corrected chi connectivity index (χ0v) is 12.4.